The van der Waals surface area contributed by atoms with Gasteiger partial charge in [0.15, 0.2) is 9.84 Å². The van der Waals surface area contributed by atoms with Gasteiger partial charge in [-0.25, -0.2) is 21.2 Å². The summed E-state index contributed by atoms with van der Waals surface area (Å²) in [6, 6.07) is 3.04. The first-order chi connectivity index (χ1) is 8.71. The Kier molecular flexibility index (Phi) is 3.54. The van der Waals surface area contributed by atoms with Gasteiger partial charge in [-0.2, -0.15) is 4.31 Å². The summed E-state index contributed by atoms with van der Waals surface area (Å²) in [6.45, 7) is -0.248. The monoisotopic (exact) mass is 308 g/mol. The van der Waals surface area contributed by atoms with Gasteiger partial charge in [0.2, 0.25) is 10.0 Å². The first kappa shape index (κ1) is 14.2. The van der Waals surface area contributed by atoms with E-state index in [4.69, 9.17) is 5.73 Å². The van der Waals surface area contributed by atoms with Crippen LogP contribution >= 0.6 is 0 Å². The van der Waals surface area contributed by atoms with Gasteiger partial charge in [-0.05, 0) is 18.2 Å². The Bertz CT molecular complexity index is 666. The van der Waals surface area contributed by atoms with E-state index in [1.54, 1.807) is 0 Å². The molecule has 0 saturated carbocycles. The number of hydrogen-bond donors (Lipinski definition) is 1. The summed E-state index contributed by atoms with van der Waals surface area (Å²) in [6.07, 6.45) is 0. The van der Waals surface area contributed by atoms with E-state index >= 15 is 0 Å². The van der Waals surface area contributed by atoms with E-state index in [2.05, 4.69) is 0 Å². The Morgan fingerprint density at radius 1 is 1.16 bits per heavy atom. The van der Waals surface area contributed by atoms with Crippen molar-refractivity contribution in [1.29, 1.82) is 0 Å². The molecule has 0 amide bonds. The van der Waals surface area contributed by atoms with E-state index in [0.717, 1.165) is 22.5 Å². The molecule has 0 atom stereocenters. The van der Waals surface area contributed by atoms with Crippen LogP contribution in [-0.2, 0) is 19.9 Å². The topological polar surface area (TPSA) is 97.5 Å². The van der Waals surface area contributed by atoms with Crippen LogP contribution in [-0.4, -0.2) is 45.7 Å². The van der Waals surface area contributed by atoms with Crippen molar-refractivity contribution in [2.24, 2.45) is 0 Å². The second kappa shape index (κ2) is 4.73. The number of sulfonamides is 1. The molecular formula is C10H13FN2O4S2. The van der Waals surface area contributed by atoms with E-state index in [1.807, 2.05) is 0 Å². The molecule has 0 radical (unpaired) electrons. The fraction of sp³-hybridized carbons (Fsp3) is 0.400. The molecule has 2 N–H and O–H groups in total. The number of benzene rings is 1. The highest BCUT2D eigenvalue weighted by atomic mass is 32.2. The first-order valence-corrected chi connectivity index (χ1v) is 8.73. The number of halogens is 1. The number of hydrogen-bond acceptors (Lipinski definition) is 5. The number of anilines is 1. The molecule has 19 heavy (non-hydrogen) atoms. The summed E-state index contributed by atoms with van der Waals surface area (Å²) in [5.41, 5.74) is 5.41. The van der Waals surface area contributed by atoms with Crippen LogP contribution in [0.25, 0.3) is 0 Å². The zero-order valence-electron chi connectivity index (χ0n) is 9.91. The van der Waals surface area contributed by atoms with Crippen molar-refractivity contribution >= 4 is 25.5 Å². The van der Waals surface area contributed by atoms with Crippen molar-refractivity contribution in [2.45, 2.75) is 4.90 Å². The molecule has 6 nitrogen and oxygen atoms in total. The predicted molar refractivity (Wildman–Crippen MR) is 68.2 cm³/mol. The molecule has 0 bridgehead atoms. The van der Waals surface area contributed by atoms with Gasteiger partial charge in [-0.1, -0.05) is 0 Å². The lowest BCUT2D eigenvalue weighted by Gasteiger charge is -2.26. The van der Waals surface area contributed by atoms with Gasteiger partial charge in [-0.15, -0.1) is 0 Å². The molecule has 1 fully saturated rings. The lowest BCUT2D eigenvalue weighted by Crippen LogP contribution is -2.43. The molecule has 0 spiro atoms. The minimum Gasteiger partial charge on any atom is -0.399 e. The summed E-state index contributed by atoms with van der Waals surface area (Å²) in [7, 11) is -7.09. The molecule has 1 aliphatic heterocycles. The van der Waals surface area contributed by atoms with Crippen LogP contribution in [0.1, 0.15) is 0 Å². The highest BCUT2D eigenvalue weighted by Crippen LogP contribution is 2.21. The minimum absolute atomic E-state index is 0.00297. The Morgan fingerprint density at radius 3 is 2.26 bits per heavy atom. The van der Waals surface area contributed by atoms with Gasteiger partial charge in [-0.3, -0.25) is 0 Å². The van der Waals surface area contributed by atoms with E-state index in [1.165, 1.54) is 0 Å². The lowest BCUT2D eigenvalue weighted by atomic mass is 10.3. The maximum Gasteiger partial charge on any atom is 0.243 e. The minimum atomic E-state index is -3.91. The number of nitrogens with zero attached hydrogens (tertiary/aromatic N) is 1. The van der Waals surface area contributed by atoms with E-state index in [-0.39, 0.29) is 35.2 Å². The molecule has 2 rings (SSSR count). The van der Waals surface area contributed by atoms with Crippen LogP contribution in [0, 0.1) is 5.82 Å². The molecule has 1 aliphatic rings. The van der Waals surface area contributed by atoms with Crippen LogP contribution < -0.4 is 5.73 Å². The summed E-state index contributed by atoms with van der Waals surface area (Å²) in [5.74, 6) is -1.20. The Labute approximate surface area is 111 Å². The van der Waals surface area contributed by atoms with Crippen molar-refractivity contribution in [3.8, 4) is 0 Å². The maximum absolute atomic E-state index is 13.2. The van der Waals surface area contributed by atoms with Crippen LogP contribution in [0.3, 0.4) is 0 Å². The molecule has 1 aromatic rings. The molecule has 0 aliphatic carbocycles. The zero-order chi connectivity index (χ0) is 14.3. The number of sulfone groups is 1. The Hall–Kier alpha value is -1.19. The average molecular weight is 308 g/mol. The van der Waals surface area contributed by atoms with E-state index in [9.17, 15) is 21.2 Å². The normalized spacial score (nSPS) is 20.3. The fourth-order valence-electron chi connectivity index (χ4n) is 1.82. The highest BCUT2D eigenvalue weighted by Gasteiger charge is 2.31. The Morgan fingerprint density at radius 2 is 1.74 bits per heavy atom. The third-order valence-electron chi connectivity index (χ3n) is 2.83. The number of nitrogens with two attached hydrogens (primary N) is 1. The third-order valence-corrected chi connectivity index (χ3v) is 6.32. The van der Waals surface area contributed by atoms with Gasteiger partial charge >= 0.3 is 0 Å². The fourth-order valence-corrected chi connectivity index (χ4v) is 4.76. The van der Waals surface area contributed by atoms with Crippen molar-refractivity contribution in [1.82, 2.24) is 4.31 Å². The van der Waals surface area contributed by atoms with E-state index in [0.29, 0.717) is 0 Å². The van der Waals surface area contributed by atoms with Gasteiger partial charge in [0.25, 0.3) is 0 Å². The summed E-state index contributed by atoms with van der Waals surface area (Å²) >= 11 is 0. The molecule has 0 unspecified atom stereocenters. The summed E-state index contributed by atoms with van der Waals surface area (Å²) in [4.78, 5) is -0.260. The molecule has 106 valence electrons. The number of nitrogen functional groups attached to an aromatic ring is 1. The van der Waals surface area contributed by atoms with Crippen molar-refractivity contribution < 1.29 is 21.2 Å². The number of rotatable bonds is 2. The molecule has 1 heterocycles. The molecule has 9 heteroatoms. The van der Waals surface area contributed by atoms with Gasteiger partial charge < -0.3 is 5.73 Å². The van der Waals surface area contributed by atoms with Crippen molar-refractivity contribution in [2.75, 3.05) is 30.3 Å². The predicted octanol–water partition coefficient (Wildman–Crippen LogP) is -0.173. The van der Waals surface area contributed by atoms with Gasteiger partial charge in [0, 0.05) is 18.8 Å². The van der Waals surface area contributed by atoms with Gasteiger partial charge in [0.1, 0.15) is 5.82 Å². The SMILES string of the molecule is Nc1cc(F)cc(S(=O)(=O)N2CCS(=O)(=O)CC2)c1. The maximum atomic E-state index is 13.2. The smallest absolute Gasteiger partial charge is 0.243 e. The van der Waals surface area contributed by atoms with E-state index < -0.39 is 25.7 Å². The molecule has 0 aromatic heterocycles. The zero-order valence-corrected chi connectivity index (χ0v) is 11.5. The quantitative estimate of drug-likeness (QED) is 0.765. The highest BCUT2D eigenvalue weighted by molar-refractivity contribution is 7.92. The molecule has 1 aromatic carbocycles. The molecule has 1 saturated heterocycles. The Balaban J connectivity index is 2.33. The third kappa shape index (κ3) is 3.04. The summed E-state index contributed by atoms with van der Waals surface area (Å²) < 4.78 is 61.2. The average Bonchev–Trinajstić information content (AvgIpc) is 2.27. The summed E-state index contributed by atoms with van der Waals surface area (Å²) in [5, 5.41) is 0. The van der Waals surface area contributed by atoms with Crippen molar-refractivity contribution in [3.63, 3.8) is 0 Å². The molecular weight excluding hydrogens is 295 g/mol. The largest absolute Gasteiger partial charge is 0.399 e. The second-order valence-electron chi connectivity index (χ2n) is 4.28. The van der Waals surface area contributed by atoms with Crippen LogP contribution in [0.4, 0.5) is 10.1 Å². The van der Waals surface area contributed by atoms with Crippen LogP contribution in [0.5, 0.6) is 0 Å². The van der Waals surface area contributed by atoms with Gasteiger partial charge in [0.05, 0.1) is 16.4 Å². The van der Waals surface area contributed by atoms with Crippen LogP contribution in [0.15, 0.2) is 23.1 Å². The van der Waals surface area contributed by atoms with Crippen molar-refractivity contribution in [3.05, 3.63) is 24.0 Å². The lowest BCUT2D eigenvalue weighted by molar-refractivity contribution is 0.430. The second-order valence-corrected chi connectivity index (χ2v) is 8.52. The van der Waals surface area contributed by atoms with Crippen LogP contribution in [0.2, 0.25) is 0 Å². The standard InChI is InChI=1S/C10H13FN2O4S2/c11-8-5-9(12)7-10(6-8)19(16,17)13-1-3-18(14,15)4-2-13/h5-7H,1-4,12H2. The first-order valence-electron chi connectivity index (χ1n) is 5.47.